The van der Waals surface area contributed by atoms with Crippen molar-refractivity contribution in [1.29, 1.82) is 0 Å². The lowest BCUT2D eigenvalue weighted by molar-refractivity contribution is 0.337. The first kappa shape index (κ1) is 13.9. The maximum absolute atomic E-state index is 12.6. The number of benzene rings is 2. The zero-order chi connectivity index (χ0) is 15.0. The van der Waals surface area contributed by atoms with Crippen molar-refractivity contribution in [2.75, 3.05) is 18.1 Å². The maximum atomic E-state index is 12.6. The Kier molecular flexibility index (Phi) is 3.37. The van der Waals surface area contributed by atoms with Crippen molar-refractivity contribution < 1.29 is 13.2 Å². The molecule has 0 bridgehead atoms. The molecule has 0 saturated carbocycles. The molecular weight excluding hydrogens is 286 g/mol. The first-order valence-corrected chi connectivity index (χ1v) is 8.43. The second-order valence-corrected chi connectivity index (χ2v) is 7.35. The molecule has 0 aliphatic carbocycles. The van der Waals surface area contributed by atoms with E-state index in [1.165, 1.54) is 0 Å². The Morgan fingerprint density at radius 1 is 1.24 bits per heavy atom. The van der Waals surface area contributed by atoms with Crippen LogP contribution >= 0.6 is 0 Å². The van der Waals surface area contributed by atoms with Crippen molar-refractivity contribution in [1.82, 2.24) is 0 Å². The lowest BCUT2D eigenvalue weighted by Gasteiger charge is -2.12. The normalized spacial score (nSPS) is 17.3. The Bertz CT molecular complexity index is 784. The zero-order valence-electron chi connectivity index (χ0n) is 11.7. The van der Waals surface area contributed by atoms with Gasteiger partial charge in [-0.3, -0.25) is 0 Å². The van der Waals surface area contributed by atoms with E-state index < -0.39 is 9.84 Å². The quantitative estimate of drug-likeness (QED) is 0.885. The van der Waals surface area contributed by atoms with Gasteiger partial charge in [0.2, 0.25) is 0 Å². The van der Waals surface area contributed by atoms with Crippen LogP contribution in [0.4, 0.5) is 5.69 Å². The number of hydrogen-bond acceptors (Lipinski definition) is 4. The fourth-order valence-electron chi connectivity index (χ4n) is 2.74. The van der Waals surface area contributed by atoms with Crippen LogP contribution in [-0.4, -0.2) is 20.8 Å². The van der Waals surface area contributed by atoms with Crippen molar-refractivity contribution in [2.24, 2.45) is 0 Å². The van der Waals surface area contributed by atoms with Crippen LogP contribution in [0, 0.1) is 6.92 Å². The Labute approximate surface area is 124 Å². The minimum Gasteiger partial charge on any atom is -0.493 e. The average Bonchev–Trinajstić information content (AvgIpc) is 2.81. The highest BCUT2D eigenvalue weighted by Gasteiger charge is 2.30. The molecule has 1 aliphatic heterocycles. The molecule has 0 fully saturated rings. The van der Waals surface area contributed by atoms with Crippen LogP contribution in [-0.2, 0) is 9.84 Å². The molecule has 1 atom stereocenters. The molecule has 2 aromatic rings. The molecule has 1 unspecified atom stereocenters. The third kappa shape index (κ3) is 2.61. The standard InChI is InChI=1S/C16H17NO3S/c1-11-8-13(17)6-7-16(11)21(18,19)10-12-9-20-15-5-3-2-4-14(12)15/h2-8,12H,9-10,17H2,1H3. The molecule has 1 heterocycles. The van der Waals surface area contributed by atoms with Gasteiger partial charge in [0.1, 0.15) is 5.75 Å². The van der Waals surface area contributed by atoms with Gasteiger partial charge in [0.25, 0.3) is 0 Å². The number of nitrogen functional groups attached to an aromatic ring is 1. The molecule has 5 heteroatoms. The molecule has 1 aliphatic rings. The molecular formula is C16H17NO3S. The van der Waals surface area contributed by atoms with Gasteiger partial charge in [0.15, 0.2) is 9.84 Å². The van der Waals surface area contributed by atoms with Crippen LogP contribution in [0.1, 0.15) is 17.0 Å². The van der Waals surface area contributed by atoms with E-state index in [0.717, 1.165) is 11.3 Å². The minimum absolute atomic E-state index is 0.0504. The number of nitrogens with two attached hydrogens (primary N) is 1. The average molecular weight is 303 g/mol. The van der Waals surface area contributed by atoms with E-state index in [1.807, 2.05) is 24.3 Å². The summed E-state index contributed by atoms with van der Waals surface area (Å²) >= 11 is 0. The summed E-state index contributed by atoms with van der Waals surface area (Å²) in [5.74, 6) is 0.712. The van der Waals surface area contributed by atoms with Crippen LogP contribution in [0.2, 0.25) is 0 Å². The lowest BCUT2D eigenvalue weighted by Crippen LogP contribution is -2.17. The second-order valence-electron chi connectivity index (χ2n) is 5.35. The number of sulfone groups is 1. The number of rotatable bonds is 3. The molecule has 4 nitrogen and oxygen atoms in total. The third-order valence-corrected chi connectivity index (χ3v) is 5.72. The van der Waals surface area contributed by atoms with E-state index in [4.69, 9.17) is 10.5 Å². The monoisotopic (exact) mass is 303 g/mol. The summed E-state index contributed by atoms with van der Waals surface area (Å²) in [5.41, 5.74) is 7.90. The molecule has 0 spiro atoms. The molecule has 2 aromatic carbocycles. The van der Waals surface area contributed by atoms with Crippen molar-refractivity contribution in [3.8, 4) is 5.75 Å². The van der Waals surface area contributed by atoms with Crippen LogP contribution < -0.4 is 10.5 Å². The molecule has 0 amide bonds. The van der Waals surface area contributed by atoms with E-state index in [-0.39, 0.29) is 11.7 Å². The van der Waals surface area contributed by atoms with Crippen molar-refractivity contribution >= 4 is 15.5 Å². The first-order chi connectivity index (χ1) is 9.97. The summed E-state index contributed by atoms with van der Waals surface area (Å²) in [6.07, 6.45) is 0. The van der Waals surface area contributed by atoms with E-state index in [2.05, 4.69) is 0 Å². The van der Waals surface area contributed by atoms with Gasteiger partial charge < -0.3 is 10.5 Å². The molecule has 0 aromatic heterocycles. The number of ether oxygens (including phenoxy) is 1. The summed E-state index contributed by atoms with van der Waals surface area (Å²) in [7, 11) is -3.37. The number of fused-ring (bicyclic) bond motifs is 1. The van der Waals surface area contributed by atoms with E-state index >= 15 is 0 Å². The van der Waals surface area contributed by atoms with Gasteiger partial charge in [-0.1, -0.05) is 18.2 Å². The van der Waals surface area contributed by atoms with Gasteiger partial charge in [-0.25, -0.2) is 8.42 Å². The zero-order valence-corrected chi connectivity index (χ0v) is 12.6. The largest absolute Gasteiger partial charge is 0.493 e. The smallest absolute Gasteiger partial charge is 0.179 e. The Balaban J connectivity index is 1.91. The Morgan fingerprint density at radius 2 is 2.00 bits per heavy atom. The third-order valence-electron chi connectivity index (χ3n) is 3.75. The highest BCUT2D eigenvalue weighted by atomic mass is 32.2. The SMILES string of the molecule is Cc1cc(N)ccc1S(=O)(=O)CC1COc2ccccc21. The van der Waals surface area contributed by atoms with Crippen molar-refractivity contribution in [2.45, 2.75) is 17.7 Å². The molecule has 110 valence electrons. The topological polar surface area (TPSA) is 69.4 Å². The first-order valence-electron chi connectivity index (χ1n) is 6.78. The number of hydrogen-bond donors (Lipinski definition) is 1. The van der Waals surface area contributed by atoms with E-state index in [0.29, 0.717) is 22.8 Å². The Hall–Kier alpha value is -2.01. The second kappa shape index (κ2) is 5.07. The Morgan fingerprint density at radius 3 is 2.76 bits per heavy atom. The van der Waals surface area contributed by atoms with Crippen LogP contribution in [0.3, 0.4) is 0 Å². The summed E-state index contributed by atoms with van der Waals surface area (Å²) in [5, 5.41) is 0. The van der Waals surface area contributed by atoms with Gasteiger partial charge in [0, 0.05) is 17.2 Å². The van der Waals surface area contributed by atoms with Gasteiger partial charge in [0.05, 0.1) is 17.3 Å². The summed E-state index contributed by atoms with van der Waals surface area (Å²) in [4.78, 5) is 0.348. The van der Waals surface area contributed by atoms with Gasteiger partial charge in [-0.2, -0.15) is 0 Å². The molecule has 0 radical (unpaired) electrons. The van der Waals surface area contributed by atoms with E-state index in [1.54, 1.807) is 25.1 Å². The highest BCUT2D eigenvalue weighted by molar-refractivity contribution is 7.91. The predicted molar refractivity (Wildman–Crippen MR) is 82.3 cm³/mol. The van der Waals surface area contributed by atoms with Gasteiger partial charge >= 0.3 is 0 Å². The maximum Gasteiger partial charge on any atom is 0.179 e. The number of anilines is 1. The molecule has 3 rings (SSSR count). The van der Waals surface area contributed by atoms with Crippen molar-refractivity contribution in [3.05, 3.63) is 53.6 Å². The molecule has 2 N–H and O–H groups in total. The lowest BCUT2D eigenvalue weighted by atomic mass is 10.0. The summed E-state index contributed by atoms with van der Waals surface area (Å²) in [6.45, 7) is 2.18. The van der Waals surface area contributed by atoms with Gasteiger partial charge in [-0.15, -0.1) is 0 Å². The predicted octanol–water partition coefficient (Wildman–Crippen LogP) is 2.53. The summed E-state index contributed by atoms with van der Waals surface area (Å²) in [6, 6.07) is 12.5. The fourth-order valence-corrected chi connectivity index (χ4v) is 4.55. The van der Waals surface area contributed by atoms with Crippen molar-refractivity contribution in [3.63, 3.8) is 0 Å². The van der Waals surface area contributed by atoms with E-state index in [9.17, 15) is 8.42 Å². The number of aryl methyl sites for hydroxylation is 1. The molecule has 0 saturated heterocycles. The molecule has 21 heavy (non-hydrogen) atoms. The minimum atomic E-state index is -3.37. The fraction of sp³-hybridized carbons (Fsp3) is 0.250. The van der Waals surface area contributed by atoms with Crippen LogP contribution in [0.5, 0.6) is 5.75 Å². The highest BCUT2D eigenvalue weighted by Crippen LogP contribution is 2.35. The van der Waals surface area contributed by atoms with Crippen LogP contribution in [0.25, 0.3) is 0 Å². The van der Waals surface area contributed by atoms with Gasteiger partial charge in [-0.05, 0) is 36.8 Å². The number of para-hydroxylation sites is 1. The summed E-state index contributed by atoms with van der Waals surface area (Å²) < 4.78 is 30.8. The van der Waals surface area contributed by atoms with Crippen LogP contribution in [0.15, 0.2) is 47.4 Å².